The van der Waals surface area contributed by atoms with E-state index in [-0.39, 0.29) is 22.8 Å². The van der Waals surface area contributed by atoms with Crippen molar-refractivity contribution in [3.05, 3.63) is 29.0 Å². The molecule has 0 spiro atoms. The maximum atomic E-state index is 13.2. The van der Waals surface area contributed by atoms with Crippen LogP contribution >= 0.6 is 11.6 Å². The molecule has 1 aromatic rings. The molecule has 2 atom stereocenters. The molecule has 0 radical (unpaired) electrons. The van der Waals surface area contributed by atoms with E-state index in [0.29, 0.717) is 5.69 Å². The molecular formula is C14H14ClFN2O2. The zero-order chi connectivity index (χ0) is 14.4. The van der Waals surface area contributed by atoms with Gasteiger partial charge in [0.1, 0.15) is 17.9 Å². The van der Waals surface area contributed by atoms with Crippen LogP contribution in [-0.2, 0) is 9.59 Å². The summed E-state index contributed by atoms with van der Waals surface area (Å²) in [5, 5.41) is 2.71. The van der Waals surface area contributed by atoms with E-state index in [0.717, 1.165) is 12.8 Å². The van der Waals surface area contributed by atoms with Gasteiger partial charge in [0, 0.05) is 5.69 Å². The van der Waals surface area contributed by atoms with Crippen LogP contribution in [0, 0.1) is 11.7 Å². The molecule has 2 fully saturated rings. The molecule has 0 aromatic heterocycles. The van der Waals surface area contributed by atoms with Crippen molar-refractivity contribution in [3.8, 4) is 0 Å². The first-order valence-electron chi connectivity index (χ1n) is 6.57. The molecule has 1 aliphatic heterocycles. The summed E-state index contributed by atoms with van der Waals surface area (Å²) in [6.45, 7) is 1.65. The molecule has 1 heterocycles. The topological polar surface area (TPSA) is 49.4 Å². The molecular weight excluding hydrogens is 283 g/mol. The Labute approximate surface area is 120 Å². The second-order valence-electron chi connectivity index (χ2n) is 5.31. The molecule has 1 saturated carbocycles. The van der Waals surface area contributed by atoms with Crippen molar-refractivity contribution in [2.24, 2.45) is 5.92 Å². The lowest BCUT2D eigenvalue weighted by atomic mass is 10.0. The number of halogens is 2. The Morgan fingerprint density at radius 3 is 2.65 bits per heavy atom. The number of hydrogen-bond acceptors (Lipinski definition) is 2. The molecule has 2 unspecified atom stereocenters. The summed E-state index contributed by atoms with van der Waals surface area (Å²) in [5.41, 5.74) is 0.453. The fraction of sp³-hybridized carbons (Fsp3) is 0.429. The van der Waals surface area contributed by atoms with Crippen LogP contribution in [0.4, 0.5) is 10.1 Å². The van der Waals surface area contributed by atoms with E-state index >= 15 is 0 Å². The lowest BCUT2D eigenvalue weighted by Crippen LogP contribution is -2.63. The van der Waals surface area contributed by atoms with Gasteiger partial charge >= 0.3 is 0 Å². The Morgan fingerprint density at radius 2 is 2.05 bits per heavy atom. The second kappa shape index (κ2) is 4.74. The van der Waals surface area contributed by atoms with Gasteiger partial charge in [-0.3, -0.25) is 14.5 Å². The molecule has 3 rings (SSSR count). The van der Waals surface area contributed by atoms with Gasteiger partial charge in [0.2, 0.25) is 5.91 Å². The number of anilines is 1. The van der Waals surface area contributed by atoms with Crippen molar-refractivity contribution in [3.63, 3.8) is 0 Å². The molecule has 106 valence electrons. The lowest BCUT2D eigenvalue weighted by molar-refractivity contribution is -0.133. The third kappa shape index (κ3) is 2.16. The minimum absolute atomic E-state index is 0.0588. The first-order chi connectivity index (χ1) is 9.49. The average molecular weight is 297 g/mol. The molecule has 1 aromatic carbocycles. The van der Waals surface area contributed by atoms with Gasteiger partial charge in [-0.1, -0.05) is 11.6 Å². The summed E-state index contributed by atoms with van der Waals surface area (Å²) in [6, 6.07) is 2.96. The van der Waals surface area contributed by atoms with Crippen LogP contribution in [0.1, 0.15) is 19.8 Å². The highest BCUT2D eigenvalue weighted by Gasteiger charge is 2.46. The van der Waals surface area contributed by atoms with Gasteiger partial charge in [0.15, 0.2) is 0 Å². The third-order valence-corrected chi connectivity index (χ3v) is 4.13. The van der Waals surface area contributed by atoms with Crippen LogP contribution < -0.4 is 10.2 Å². The number of amides is 2. The van der Waals surface area contributed by atoms with Crippen LogP contribution in [0.25, 0.3) is 0 Å². The first kappa shape index (κ1) is 13.4. The minimum atomic E-state index is -0.626. The SMILES string of the molecule is CC1C(=O)NC(C2CC2)C(=O)N1c1ccc(F)c(Cl)c1. The number of rotatable bonds is 2. The van der Waals surface area contributed by atoms with Crippen molar-refractivity contribution in [1.29, 1.82) is 0 Å². The van der Waals surface area contributed by atoms with E-state index in [9.17, 15) is 14.0 Å². The largest absolute Gasteiger partial charge is 0.342 e. The molecule has 1 aliphatic carbocycles. The van der Waals surface area contributed by atoms with Crippen LogP contribution in [0.2, 0.25) is 5.02 Å². The summed E-state index contributed by atoms with van der Waals surface area (Å²) in [4.78, 5) is 25.9. The first-order valence-corrected chi connectivity index (χ1v) is 6.95. The van der Waals surface area contributed by atoms with E-state index in [1.807, 2.05) is 0 Å². The fourth-order valence-corrected chi connectivity index (χ4v) is 2.70. The molecule has 4 nitrogen and oxygen atoms in total. The highest BCUT2D eigenvalue weighted by atomic mass is 35.5. The number of piperazine rings is 1. The summed E-state index contributed by atoms with van der Waals surface area (Å²) in [5.74, 6) is -0.669. The van der Waals surface area contributed by atoms with Crippen molar-refractivity contribution >= 4 is 29.1 Å². The number of nitrogens with zero attached hydrogens (tertiary/aromatic N) is 1. The van der Waals surface area contributed by atoms with Gasteiger partial charge < -0.3 is 5.32 Å². The van der Waals surface area contributed by atoms with Crippen LogP contribution in [0.15, 0.2) is 18.2 Å². The number of carbonyl (C=O) groups is 2. The molecule has 6 heteroatoms. The van der Waals surface area contributed by atoms with Gasteiger partial charge in [-0.25, -0.2) is 4.39 Å². The maximum absolute atomic E-state index is 13.2. The van der Waals surface area contributed by atoms with E-state index in [2.05, 4.69) is 5.32 Å². The molecule has 2 amide bonds. The third-order valence-electron chi connectivity index (χ3n) is 3.84. The fourth-order valence-electron chi connectivity index (χ4n) is 2.53. The summed E-state index contributed by atoms with van der Waals surface area (Å²) >= 11 is 5.76. The molecule has 20 heavy (non-hydrogen) atoms. The predicted octanol–water partition coefficient (Wildman–Crippen LogP) is 2.11. The van der Waals surface area contributed by atoms with Crippen LogP contribution in [-0.4, -0.2) is 23.9 Å². The molecule has 0 bridgehead atoms. The van der Waals surface area contributed by atoms with Crippen LogP contribution in [0.5, 0.6) is 0 Å². The smallest absolute Gasteiger partial charge is 0.250 e. The van der Waals surface area contributed by atoms with Crippen molar-refractivity contribution < 1.29 is 14.0 Å². The van der Waals surface area contributed by atoms with E-state index < -0.39 is 17.9 Å². The van der Waals surface area contributed by atoms with Gasteiger partial charge in [-0.15, -0.1) is 0 Å². The van der Waals surface area contributed by atoms with Crippen molar-refractivity contribution in [1.82, 2.24) is 5.32 Å². The zero-order valence-corrected chi connectivity index (χ0v) is 11.7. The Hall–Kier alpha value is -1.62. The van der Waals surface area contributed by atoms with Gasteiger partial charge in [0.05, 0.1) is 5.02 Å². The van der Waals surface area contributed by atoms with E-state index in [4.69, 9.17) is 11.6 Å². The van der Waals surface area contributed by atoms with Crippen LogP contribution in [0.3, 0.4) is 0 Å². The number of nitrogens with one attached hydrogen (secondary N) is 1. The minimum Gasteiger partial charge on any atom is -0.342 e. The molecule has 1 N–H and O–H groups in total. The van der Waals surface area contributed by atoms with Crippen molar-refractivity contribution in [2.75, 3.05) is 4.90 Å². The Morgan fingerprint density at radius 1 is 1.35 bits per heavy atom. The van der Waals surface area contributed by atoms with Crippen molar-refractivity contribution in [2.45, 2.75) is 31.8 Å². The number of carbonyl (C=O) groups excluding carboxylic acids is 2. The number of hydrogen-bond donors (Lipinski definition) is 1. The van der Waals surface area contributed by atoms with Gasteiger partial charge in [-0.2, -0.15) is 0 Å². The normalized spacial score (nSPS) is 26.6. The zero-order valence-electron chi connectivity index (χ0n) is 10.9. The highest BCUT2D eigenvalue weighted by molar-refractivity contribution is 6.31. The standard InChI is InChI=1S/C14H14ClFN2O2/c1-7-13(19)17-12(8-2-3-8)14(20)18(7)9-4-5-11(16)10(15)6-9/h4-8,12H,2-3H2,1H3,(H,17,19). The summed E-state index contributed by atoms with van der Waals surface area (Å²) in [6.07, 6.45) is 1.90. The Bertz CT molecular complexity index is 589. The monoisotopic (exact) mass is 296 g/mol. The van der Waals surface area contributed by atoms with E-state index in [1.54, 1.807) is 6.92 Å². The average Bonchev–Trinajstić information content (AvgIpc) is 3.22. The predicted molar refractivity (Wildman–Crippen MR) is 73.0 cm³/mol. The summed E-state index contributed by atoms with van der Waals surface area (Å²) < 4.78 is 13.2. The van der Waals surface area contributed by atoms with Gasteiger partial charge in [0.25, 0.3) is 5.91 Å². The summed E-state index contributed by atoms with van der Waals surface area (Å²) in [7, 11) is 0. The van der Waals surface area contributed by atoms with E-state index in [1.165, 1.54) is 23.1 Å². The quantitative estimate of drug-likeness (QED) is 0.909. The highest BCUT2D eigenvalue weighted by Crippen LogP contribution is 2.36. The van der Waals surface area contributed by atoms with Gasteiger partial charge in [-0.05, 0) is 43.9 Å². The Kier molecular flexibility index (Phi) is 3.17. The Balaban J connectivity index is 1.97. The number of benzene rings is 1. The lowest BCUT2D eigenvalue weighted by Gasteiger charge is -2.37. The molecule has 2 aliphatic rings. The molecule has 1 saturated heterocycles. The maximum Gasteiger partial charge on any atom is 0.250 e. The second-order valence-corrected chi connectivity index (χ2v) is 5.71.